The number of aliphatic hydroxyl groups is 2. The summed E-state index contributed by atoms with van der Waals surface area (Å²) in [5.74, 6) is -3.98. The molecule has 1 amide bonds. The number of rotatable bonds is 9. The average molecular weight is 514 g/mol. The Labute approximate surface area is 209 Å². The van der Waals surface area contributed by atoms with Crippen LogP contribution in [0.5, 0.6) is 0 Å². The number of carbonyl (C=O) groups is 1. The fourth-order valence-electron chi connectivity index (χ4n) is 3.74. The molecule has 4 rings (SSSR count). The van der Waals surface area contributed by atoms with Crippen molar-refractivity contribution in [3.63, 3.8) is 0 Å². The van der Waals surface area contributed by atoms with E-state index >= 15 is 0 Å². The van der Waals surface area contributed by atoms with Gasteiger partial charge in [0, 0.05) is 36.5 Å². The molecular weight excluding hydrogens is 491 g/mol. The Morgan fingerprint density at radius 3 is 2.44 bits per heavy atom. The van der Waals surface area contributed by atoms with E-state index in [2.05, 4.69) is 15.3 Å². The minimum atomic E-state index is -1.02. The van der Waals surface area contributed by atoms with Gasteiger partial charge in [0.2, 0.25) is 0 Å². The molecule has 4 aromatic rings. The first-order valence-electron chi connectivity index (χ1n) is 11.0. The van der Waals surface area contributed by atoms with Gasteiger partial charge in [-0.3, -0.25) is 9.78 Å². The van der Waals surface area contributed by atoms with E-state index in [4.69, 9.17) is 0 Å². The third-order valence-electron chi connectivity index (χ3n) is 5.69. The highest BCUT2D eigenvalue weighted by Gasteiger charge is 2.26. The number of hydrogen-bond donors (Lipinski definition) is 3. The summed E-state index contributed by atoms with van der Waals surface area (Å²) in [4.78, 5) is 22.2. The van der Waals surface area contributed by atoms with Gasteiger partial charge < -0.3 is 15.5 Å². The number of thiazole rings is 1. The summed E-state index contributed by atoms with van der Waals surface area (Å²) in [5.41, 5.74) is 0.964. The zero-order chi connectivity index (χ0) is 25.7. The lowest BCUT2D eigenvalue weighted by atomic mass is 9.95. The van der Waals surface area contributed by atoms with Crippen molar-refractivity contribution in [2.75, 3.05) is 13.2 Å². The van der Waals surface area contributed by atoms with Crippen molar-refractivity contribution in [3.8, 4) is 21.0 Å². The minimum Gasteiger partial charge on any atom is -0.396 e. The molecule has 0 fully saturated rings. The van der Waals surface area contributed by atoms with E-state index in [0.717, 1.165) is 23.5 Å². The Kier molecular flexibility index (Phi) is 8.09. The molecule has 2 aromatic heterocycles. The molecule has 6 nitrogen and oxygen atoms in total. The molecule has 0 radical (unpaired) electrons. The highest BCUT2D eigenvalue weighted by Crippen LogP contribution is 2.35. The van der Waals surface area contributed by atoms with Crippen LogP contribution in [-0.4, -0.2) is 45.3 Å². The van der Waals surface area contributed by atoms with Crippen LogP contribution in [0.15, 0.2) is 67.0 Å². The van der Waals surface area contributed by atoms with Crippen LogP contribution in [0.25, 0.3) is 21.0 Å². The quantitative estimate of drug-likeness (QED) is 0.311. The first-order valence-corrected chi connectivity index (χ1v) is 11.9. The molecule has 36 heavy (non-hydrogen) atoms. The normalized spacial score (nSPS) is 12.1. The third kappa shape index (κ3) is 5.62. The number of benzene rings is 2. The molecule has 1 atom stereocenters. The zero-order valence-electron chi connectivity index (χ0n) is 18.9. The van der Waals surface area contributed by atoms with Crippen LogP contribution >= 0.6 is 11.3 Å². The molecular formula is C26H22F3N3O3S. The zero-order valence-corrected chi connectivity index (χ0v) is 19.7. The molecule has 0 bridgehead atoms. The van der Waals surface area contributed by atoms with Gasteiger partial charge >= 0.3 is 0 Å². The molecule has 0 aliphatic heterocycles. The molecule has 2 heterocycles. The predicted molar refractivity (Wildman–Crippen MR) is 130 cm³/mol. The lowest BCUT2D eigenvalue weighted by molar-refractivity contribution is 0.0848. The van der Waals surface area contributed by atoms with E-state index in [1.807, 2.05) is 0 Å². The molecule has 0 saturated heterocycles. The van der Waals surface area contributed by atoms with Crippen LogP contribution in [0.3, 0.4) is 0 Å². The van der Waals surface area contributed by atoms with Crippen LogP contribution in [0.2, 0.25) is 0 Å². The van der Waals surface area contributed by atoms with E-state index in [0.29, 0.717) is 16.1 Å². The number of amides is 1. The van der Waals surface area contributed by atoms with Gasteiger partial charge in [0.15, 0.2) is 11.6 Å². The summed E-state index contributed by atoms with van der Waals surface area (Å²) in [6.07, 6.45) is 3.23. The average Bonchev–Trinajstić information content (AvgIpc) is 3.36. The number of halogens is 3. The van der Waals surface area contributed by atoms with Crippen molar-refractivity contribution in [2.45, 2.75) is 12.5 Å². The van der Waals surface area contributed by atoms with Crippen LogP contribution in [0.4, 0.5) is 13.2 Å². The Balaban J connectivity index is 1.65. The van der Waals surface area contributed by atoms with Crippen molar-refractivity contribution in [3.05, 3.63) is 95.7 Å². The Morgan fingerprint density at radius 2 is 1.75 bits per heavy atom. The first kappa shape index (κ1) is 25.5. The fraction of sp³-hybridized carbons (Fsp3) is 0.192. The van der Waals surface area contributed by atoms with E-state index in [1.165, 1.54) is 30.5 Å². The first-order chi connectivity index (χ1) is 17.4. The molecule has 0 aliphatic carbocycles. The topological polar surface area (TPSA) is 95.3 Å². The second kappa shape index (κ2) is 11.4. The fourth-order valence-corrected chi connectivity index (χ4v) is 4.71. The van der Waals surface area contributed by atoms with Gasteiger partial charge in [-0.15, -0.1) is 11.3 Å². The molecule has 0 aliphatic rings. The molecule has 186 valence electrons. The number of pyridine rings is 1. The maximum absolute atomic E-state index is 15.0. The number of aromatic nitrogens is 2. The molecule has 0 unspecified atom stereocenters. The van der Waals surface area contributed by atoms with E-state index < -0.39 is 35.3 Å². The number of nitrogens with zero attached hydrogens (tertiary/aromatic N) is 2. The number of hydrogen-bond acceptors (Lipinski definition) is 6. The lowest BCUT2D eigenvalue weighted by Crippen LogP contribution is -2.45. The van der Waals surface area contributed by atoms with Crippen molar-refractivity contribution in [2.24, 2.45) is 5.92 Å². The van der Waals surface area contributed by atoms with Crippen molar-refractivity contribution in [1.82, 2.24) is 15.3 Å². The van der Waals surface area contributed by atoms with Gasteiger partial charge in [0.1, 0.15) is 10.8 Å². The Morgan fingerprint density at radius 1 is 0.944 bits per heavy atom. The molecule has 3 N–H and O–H groups in total. The summed E-state index contributed by atoms with van der Waals surface area (Å²) in [5, 5.41) is 22.4. The SMILES string of the molecule is O=C(N[C@H](Cc1ccccn1)C(CO)CO)c1cccc(F)c1-c1ncc(-c2ccc(F)c(F)c2)s1. The summed E-state index contributed by atoms with van der Waals surface area (Å²) in [6.45, 7) is -0.761. The van der Waals surface area contributed by atoms with Gasteiger partial charge in [0.05, 0.1) is 29.2 Å². The summed E-state index contributed by atoms with van der Waals surface area (Å²) >= 11 is 1.03. The van der Waals surface area contributed by atoms with Crippen molar-refractivity contribution < 1.29 is 28.2 Å². The molecule has 10 heteroatoms. The second-order valence-electron chi connectivity index (χ2n) is 8.05. The monoisotopic (exact) mass is 513 g/mol. The van der Waals surface area contributed by atoms with E-state index in [1.54, 1.807) is 24.4 Å². The summed E-state index contributed by atoms with van der Waals surface area (Å²) in [6, 6.07) is 12.0. The van der Waals surface area contributed by atoms with Crippen molar-refractivity contribution >= 4 is 17.2 Å². The van der Waals surface area contributed by atoms with Crippen LogP contribution in [0.1, 0.15) is 16.1 Å². The highest BCUT2D eigenvalue weighted by atomic mass is 32.1. The Bertz CT molecular complexity index is 1350. The number of carbonyl (C=O) groups excluding carboxylic acids is 1. The van der Waals surface area contributed by atoms with E-state index in [9.17, 15) is 28.2 Å². The molecule has 0 spiro atoms. The van der Waals surface area contributed by atoms with Crippen LogP contribution < -0.4 is 5.32 Å². The largest absolute Gasteiger partial charge is 0.396 e. The summed E-state index contributed by atoms with van der Waals surface area (Å²) in [7, 11) is 0. The van der Waals surface area contributed by atoms with E-state index in [-0.39, 0.29) is 35.8 Å². The van der Waals surface area contributed by atoms with Gasteiger partial charge in [0.25, 0.3) is 5.91 Å². The maximum Gasteiger partial charge on any atom is 0.252 e. The molecule has 2 aromatic carbocycles. The van der Waals surface area contributed by atoms with Crippen LogP contribution in [-0.2, 0) is 6.42 Å². The predicted octanol–water partition coefficient (Wildman–Crippen LogP) is 4.23. The molecule has 0 saturated carbocycles. The maximum atomic E-state index is 15.0. The number of nitrogens with one attached hydrogen (secondary N) is 1. The van der Waals surface area contributed by atoms with Gasteiger partial charge in [-0.2, -0.15) is 0 Å². The Hall–Kier alpha value is -3.60. The third-order valence-corrected chi connectivity index (χ3v) is 6.76. The van der Waals surface area contributed by atoms with Gasteiger partial charge in [-0.05, 0) is 42.0 Å². The van der Waals surface area contributed by atoms with Crippen molar-refractivity contribution in [1.29, 1.82) is 0 Å². The van der Waals surface area contributed by atoms with Gasteiger partial charge in [-0.25, -0.2) is 18.2 Å². The highest BCUT2D eigenvalue weighted by molar-refractivity contribution is 7.18. The minimum absolute atomic E-state index is 0.00170. The van der Waals surface area contributed by atoms with Gasteiger partial charge in [-0.1, -0.05) is 18.2 Å². The lowest BCUT2D eigenvalue weighted by Gasteiger charge is -2.25. The van der Waals surface area contributed by atoms with Crippen LogP contribution in [0, 0.1) is 23.4 Å². The second-order valence-corrected chi connectivity index (χ2v) is 9.08. The smallest absolute Gasteiger partial charge is 0.252 e. The number of aliphatic hydroxyl groups excluding tert-OH is 2. The standard InChI is InChI=1S/C26H22F3N3O3S/c27-19-8-7-15(10-21(19)29)23-12-31-26(36-23)24-18(5-3-6-20(24)28)25(35)32-22(16(13-33)14-34)11-17-4-1-2-9-30-17/h1-10,12,16,22,33-34H,11,13-14H2,(H,32,35)/t22-/m1/s1. The summed E-state index contributed by atoms with van der Waals surface area (Å²) < 4.78 is 42.0.